The van der Waals surface area contributed by atoms with Crippen molar-refractivity contribution in [2.45, 2.75) is 39.5 Å². The fourth-order valence-corrected chi connectivity index (χ4v) is 6.40. The van der Waals surface area contributed by atoms with Crippen LogP contribution in [0.3, 0.4) is 0 Å². The molecule has 3 nitrogen and oxygen atoms in total. The van der Waals surface area contributed by atoms with Gasteiger partial charge in [0.05, 0.1) is 16.6 Å². The molecule has 2 heterocycles. The Balaban J connectivity index is 1.95. The van der Waals surface area contributed by atoms with E-state index in [0.29, 0.717) is 5.46 Å². The molecule has 1 aliphatic rings. The number of hydrogen-bond donors (Lipinski definition) is 2. The normalized spacial score (nSPS) is 14.7. The quantitative estimate of drug-likeness (QED) is 0.350. The van der Waals surface area contributed by atoms with Crippen molar-refractivity contribution < 1.29 is 10.0 Å². The van der Waals surface area contributed by atoms with E-state index in [4.69, 9.17) is 0 Å². The second-order valence-electron chi connectivity index (χ2n) is 10.4. The average Bonchev–Trinajstić information content (AvgIpc) is 3.24. The van der Waals surface area contributed by atoms with Gasteiger partial charge in [-0.05, 0) is 61.0 Å². The number of aryl methyl sites for hydroxylation is 2. The number of aromatic nitrogens is 1. The third-order valence-electron chi connectivity index (χ3n) is 8.06. The molecule has 38 heavy (non-hydrogen) atoms. The summed E-state index contributed by atoms with van der Waals surface area (Å²) in [6.45, 7) is 8.44. The fraction of sp³-hybridized carbons (Fsp3) is 0.176. The van der Waals surface area contributed by atoms with Crippen molar-refractivity contribution in [3.63, 3.8) is 0 Å². The van der Waals surface area contributed by atoms with E-state index >= 15 is 0 Å². The highest BCUT2D eigenvalue weighted by molar-refractivity contribution is 6.59. The first-order valence-corrected chi connectivity index (χ1v) is 13.4. The van der Waals surface area contributed by atoms with Crippen molar-refractivity contribution >= 4 is 35.6 Å². The highest BCUT2D eigenvalue weighted by Crippen LogP contribution is 2.51. The Labute approximate surface area is 224 Å². The molecule has 0 spiro atoms. The lowest BCUT2D eigenvalue weighted by molar-refractivity contribution is 0.425. The molecule has 0 amide bonds. The average molecular weight is 497 g/mol. The van der Waals surface area contributed by atoms with Crippen LogP contribution in [-0.4, -0.2) is 21.7 Å². The van der Waals surface area contributed by atoms with Crippen LogP contribution in [-0.2, 0) is 5.41 Å². The molecule has 1 aromatic heterocycles. The highest BCUT2D eigenvalue weighted by Gasteiger charge is 2.45. The topological polar surface area (TPSA) is 45.4 Å². The third-order valence-corrected chi connectivity index (χ3v) is 8.06. The smallest absolute Gasteiger partial charge is 0.423 e. The fourth-order valence-electron chi connectivity index (χ4n) is 6.40. The van der Waals surface area contributed by atoms with Gasteiger partial charge in [0.15, 0.2) is 0 Å². The lowest BCUT2D eigenvalue weighted by Crippen LogP contribution is -2.39. The van der Waals surface area contributed by atoms with Gasteiger partial charge in [-0.15, -0.1) is 0 Å². The van der Waals surface area contributed by atoms with Gasteiger partial charge in [0.25, 0.3) is 0 Å². The molecule has 0 atom stereocenters. The molecule has 4 heteroatoms. The van der Waals surface area contributed by atoms with Crippen LogP contribution in [0.4, 0.5) is 0 Å². The Morgan fingerprint density at radius 1 is 0.816 bits per heavy atom. The molecule has 0 bridgehead atoms. The molecule has 5 aromatic rings. The van der Waals surface area contributed by atoms with Gasteiger partial charge in [-0.25, -0.2) is 0 Å². The number of nitrogens with zero attached hydrogens (tertiary/aromatic N) is 1. The summed E-state index contributed by atoms with van der Waals surface area (Å²) < 4.78 is 2.37. The number of hydrogen-bond acceptors (Lipinski definition) is 2. The zero-order valence-corrected chi connectivity index (χ0v) is 22.4. The second-order valence-corrected chi connectivity index (χ2v) is 10.4. The zero-order valence-electron chi connectivity index (χ0n) is 22.4. The predicted octanol–water partition coefficient (Wildman–Crippen LogP) is 4.61. The molecule has 0 saturated heterocycles. The standard InChI is InChI=1S/C34H32BNO2/c1-5-9-27-28-20-26(35(37)38)21-30-33(28)36(31(27)6-2)32-11-8-7-10-29(32)34(30,24-16-12-22(3)13-17-24)25-18-14-23(4)15-19-25/h6-21,37-38H,5H2,1-4H3/b27-9-,31-6+. The summed E-state index contributed by atoms with van der Waals surface area (Å²) in [5.74, 6) is 0. The second kappa shape index (κ2) is 9.16. The molecule has 0 radical (unpaired) electrons. The van der Waals surface area contributed by atoms with E-state index in [-0.39, 0.29) is 0 Å². The highest BCUT2D eigenvalue weighted by atomic mass is 16.4. The summed E-state index contributed by atoms with van der Waals surface area (Å²) in [6, 6.07) is 30.2. The van der Waals surface area contributed by atoms with Crippen LogP contribution in [0.2, 0.25) is 0 Å². The minimum atomic E-state index is -1.58. The van der Waals surface area contributed by atoms with Crippen molar-refractivity contribution in [1.82, 2.24) is 4.57 Å². The predicted molar refractivity (Wildman–Crippen MR) is 159 cm³/mol. The van der Waals surface area contributed by atoms with Crippen LogP contribution in [0.15, 0.2) is 84.9 Å². The van der Waals surface area contributed by atoms with E-state index in [0.717, 1.165) is 50.3 Å². The molecule has 2 N–H and O–H groups in total. The van der Waals surface area contributed by atoms with Crippen molar-refractivity contribution in [3.8, 4) is 5.69 Å². The molecular formula is C34H32BNO2. The van der Waals surface area contributed by atoms with Gasteiger partial charge < -0.3 is 14.6 Å². The molecule has 0 unspecified atom stereocenters. The van der Waals surface area contributed by atoms with Gasteiger partial charge in [-0.1, -0.05) is 109 Å². The van der Waals surface area contributed by atoms with Crippen molar-refractivity contribution in [3.05, 3.63) is 129 Å². The van der Waals surface area contributed by atoms with Crippen molar-refractivity contribution in [2.75, 3.05) is 0 Å². The Kier molecular flexibility index (Phi) is 5.90. The largest absolute Gasteiger partial charge is 0.488 e. The molecule has 0 saturated carbocycles. The maximum atomic E-state index is 10.5. The Bertz CT molecular complexity index is 1750. The van der Waals surface area contributed by atoms with Gasteiger partial charge in [0.2, 0.25) is 0 Å². The van der Waals surface area contributed by atoms with Crippen molar-refractivity contribution in [2.24, 2.45) is 0 Å². The molecule has 0 fully saturated rings. The molecule has 1 aliphatic heterocycles. The Morgan fingerprint density at radius 2 is 1.42 bits per heavy atom. The lowest BCUT2D eigenvalue weighted by Gasteiger charge is -2.42. The van der Waals surface area contributed by atoms with Gasteiger partial charge in [0, 0.05) is 16.0 Å². The lowest BCUT2D eigenvalue weighted by atomic mass is 9.61. The molecular weight excluding hydrogens is 465 g/mol. The Morgan fingerprint density at radius 3 is 1.97 bits per heavy atom. The first-order chi connectivity index (χ1) is 18.4. The minimum Gasteiger partial charge on any atom is -0.423 e. The number of benzene rings is 4. The van der Waals surface area contributed by atoms with E-state index in [2.05, 4.69) is 117 Å². The number of para-hydroxylation sites is 1. The van der Waals surface area contributed by atoms with Crippen LogP contribution < -0.4 is 16.0 Å². The number of fused-ring (bicyclic) bond motifs is 2. The van der Waals surface area contributed by atoms with E-state index < -0.39 is 12.5 Å². The summed E-state index contributed by atoms with van der Waals surface area (Å²) in [5, 5.41) is 24.3. The first kappa shape index (κ1) is 24.5. The monoisotopic (exact) mass is 497 g/mol. The maximum Gasteiger partial charge on any atom is 0.488 e. The summed E-state index contributed by atoms with van der Waals surface area (Å²) in [7, 11) is -1.58. The molecule has 6 rings (SSSR count). The van der Waals surface area contributed by atoms with E-state index in [1.807, 2.05) is 12.1 Å². The van der Waals surface area contributed by atoms with Gasteiger partial charge in [-0.2, -0.15) is 0 Å². The third kappa shape index (κ3) is 3.37. The Hall–Kier alpha value is -3.86. The van der Waals surface area contributed by atoms with E-state index in [1.165, 1.54) is 16.7 Å². The van der Waals surface area contributed by atoms with Crippen LogP contribution in [0.25, 0.3) is 28.7 Å². The summed E-state index contributed by atoms with van der Waals surface area (Å²) >= 11 is 0. The minimum absolute atomic E-state index is 0.501. The summed E-state index contributed by atoms with van der Waals surface area (Å²) in [5.41, 5.74) is 9.05. The van der Waals surface area contributed by atoms with Gasteiger partial charge in [-0.3, -0.25) is 0 Å². The molecule has 188 valence electrons. The molecule has 4 aromatic carbocycles. The van der Waals surface area contributed by atoms with Crippen LogP contribution in [0.1, 0.15) is 53.6 Å². The van der Waals surface area contributed by atoms with Crippen molar-refractivity contribution in [1.29, 1.82) is 0 Å². The van der Waals surface area contributed by atoms with Gasteiger partial charge >= 0.3 is 7.12 Å². The van der Waals surface area contributed by atoms with Crippen LogP contribution in [0.5, 0.6) is 0 Å². The van der Waals surface area contributed by atoms with E-state index in [9.17, 15) is 10.0 Å². The maximum absolute atomic E-state index is 10.5. The summed E-state index contributed by atoms with van der Waals surface area (Å²) in [4.78, 5) is 0. The summed E-state index contributed by atoms with van der Waals surface area (Å²) in [6.07, 6.45) is 5.30. The SMILES string of the molecule is C/C=c1\c(=C/CC)c2cc(B(O)O)cc3c2n1-c1ccccc1C3(c1ccc(C)cc1)c1ccc(C)cc1. The van der Waals surface area contributed by atoms with Crippen LogP contribution >= 0.6 is 0 Å². The van der Waals surface area contributed by atoms with Crippen LogP contribution in [0, 0.1) is 13.8 Å². The zero-order chi connectivity index (χ0) is 26.6. The first-order valence-electron chi connectivity index (χ1n) is 13.4. The van der Waals surface area contributed by atoms with E-state index in [1.54, 1.807) is 0 Å². The van der Waals surface area contributed by atoms with Gasteiger partial charge in [0.1, 0.15) is 0 Å². The molecule has 0 aliphatic carbocycles. The number of rotatable bonds is 4.